The molecule has 1 aliphatic carbocycles. The molecular weight excluding hydrogens is 456 g/mol. The maximum absolute atomic E-state index is 13.0. The molecule has 3 aromatic rings. The Morgan fingerprint density at radius 3 is 2.44 bits per heavy atom. The van der Waals surface area contributed by atoms with E-state index in [1.807, 2.05) is 54.3 Å². The summed E-state index contributed by atoms with van der Waals surface area (Å²) in [6.07, 6.45) is 4.34. The number of fused-ring (bicyclic) bond motifs is 2. The highest BCUT2D eigenvalue weighted by atomic mass is 16.5. The third-order valence-corrected chi connectivity index (χ3v) is 7.31. The van der Waals surface area contributed by atoms with Gasteiger partial charge in [-0.3, -0.25) is 14.6 Å². The van der Waals surface area contributed by atoms with Crippen molar-refractivity contribution < 1.29 is 19.1 Å². The highest BCUT2D eigenvalue weighted by Crippen LogP contribution is 2.52. The van der Waals surface area contributed by atoms with E-state index in [9.17, 15) is 9.59 Å². The van der Waals surface area contributed by atoms with Crippen LogP contribution in [0.25, 0.3) is 0 Å². The van der Waals surface area contributed by atoms with Crippen molar-refractivity contribution in [1.29, 1.82) is 0 Å². The Balaban J connectivity index is 1.32. The van der Waals surface area contributed by atoms with Crippen LogP contribution in [0.2, 0.25) is 0 Å². The van der Waals surface area contributed by atoms with Gasteiger partial charge in [-0.1, -0.05) is 42.5 Å². The van der Waals surface area contributed by atoms with Gasteiger partial charge in [-0.2, -0.15) is 0 Å². The van der Waals surface area contributed by atoms with Gasteiger partial charge in [0.05, 0.1) is 24.0 Å². The summed E-state index contributed by atoms with van der Waals surface area (Å²) in [5.74, 6) is 0.332. The highest BCUT2D eigenvalue weighted by Gasteiger charge is 2.54. The molecule has 2 atom stereocenters. The van der Waals surface area contributed by atoms with Crippen molar-refractivity contribution in [3.05, 3.63) is 89.5 Å². The summed E-state index contributed by atoms with van der Waals surface area (Å²) in [6, 6.07) is 17.2. The van der Waals surface area contributed by atoms with Crippen LogP contribution in [0, 0.1) is 6.92 Å². The van der Waals surface area contributed by atoms with E-state index in [0.717, 1.165) is 24.1 Å². The number of carbonyl (C=O) groups excluding carboxylic acids is 2. The molecule has 1 aromatic heterocycles. The van der Waals surface area contributed by atoms with Crippen LogP contribution in [0.1, 0.15) is 46.2 Å². The average molecular weight is 487 g/mol. The summed E-state index contributed by atoms with van der Waals surface area (Å²) >= 11 is 0. The molecule has 1 N–H and O–H groups in total. The molecule has 1 fully saturated rings. The lowest BCUT2D eigenvalue weighted by Gasteiger charge is -2.44. The van der Waals surface area contributed by atoms with Crippen LogP contribution in [-0.2, 0) is 14.9 Å². The monoisotopic (exact) mass is 486 g/mol. The Morgan fingerprint density at radius 1 is 1.03 bits per heavy atom. The molecule has 1 aliphatic heterocycles. The number of piperidine rings is 1. The van der Waals surface area contributed by atoms with Crippen LogP contribution in [0.4, 0.5) is 0 Å². The second-order valence-corrected chi connectivity index (χ2v) is 9.38. The van der Waals surface area contributed by atoms with Gasteiger partial charge in [-0.05, 0) is 43.0 Å². The predicted octanol–water partition coefficient (Wildman–Crippen LogP) is 3.22. The minimum absolute atomic E-state index is 0.0774. The summed E-state index contributed by atoms with van der Waals surface area (Å²) < 4.78 is 11.7. The van der Waals surface area contributed by atoms with Crippen molar-refractivity contribution in [1.82, 2.24) is 20.2 Å². The molecule has 0 radical (unpaired) electrons. The Kier molecular flexibility index (Phi) is 6.69. The molecule has 2 heterocycles. The second kappa shape index (κ2) is 10.1. The molecule has 2 aliphatic rings. The topological polar surface area (TPSA) is 93.7 Å². The van der Waals surface area contributed by atoms with E-state index in [0.29, 0.717) is 24.5 Å². The van der Waals surface area contributed by atoms with Gasteiger partial charge in [-0.25, -0.2) is 4.98 Å². The molecule has 5 rings (SSSR count). The number of hydrogen-bond donors (Lipinski definition) is 1. The first-order valence-electron chi connectivity index (χ1n) is 12.2. The minimum Gasteiger partial charge on any atom is -0.484 e. The first kappa shape index (κ1) is 23.9. The maximum atomic E-state index is 13.0. The standard InChI is InChI=1S/C28H30N4O4/c1-19-16-30-23(17-29-19)27(34)32-14-12-28(13-15-32)22-11-7-6-10-21(22)25(26(28)35-2)31-24(33)18-36-20-8-4-3-5-9-20/h3-11,16-17,25-26H,12-15,18H2,1-2H3,(H,31,33)/t25-,26+/m1/s1. The van der Waals surface area contributed by atoms with Crippen LogP contribution in [0.5, 0.6) is 5.75 Å². The molecular formula is C28H30N4O4. The Morgan fingerprint density at radius 2 is 1.75 bits per heavy atom. The number of nitrogens with zero attached hydrogens (tertiary/aromatic N) is 3. The number of methoxy groups -OCH3 is 1. The Bertz CT molecular complexity index is 1220. The van der Waals surface area contributed by atoms with E-state index in [2.05, 4.69) is 27.4 Å². The highest BCUT2D eigenvalue weighted by molar-refractivity contribution is 5.92. The first-order chi connectivity index (χ1) is 17.5. The van der Waals surface area contributed by atoms with Gasteiger partial charge in [0.2, 0.25) is 0 Å². The molecule has 36 heavy (non-hydrogen) atoms. The normalized spacial score (nSPS) is 20.1. The van der Waals surface area contributed by atoms with E-state index in [1.165, 1.54) is 11.8 Å². The number of nitrogens with one attached hydrogen (secondary N) is 1. The summed E-state index contributed by atoms with van der Waals surface area (Å²) in [5, 5.41) is 3.16. The molecule has 1 spiro atoms. The lowest BCUT2D eigenvalue weighted by molar-refractivity contribution is -0.125. The molecule has 1 saturated heterocycles. The van der Waals surface area contributed by atoms with Gasteiger partial charge in [0.25, 0.3) is 11.8 Å². The lowest BCUT2D eigenvalue weighted by Crippen LogP contribution is -2.52. The SMILES string of the molecule is CO[C@H]1[C@H](NC(=O)COc2ccccc2)c2ccccc2C12CCN(C(=O)c1cnc(C)cn1)CC2. The predicted molar refractivity (Wildman–Crippen MR) is 134 cm³/mol. The molecule has 8 nitrogen and oxygen atoms in total. The fraction of sp³-hybridized carbons (Fsp3) is 0.357. The number of para-hydroxylation sites is 1. The van der Waals surface area contributed by atoms with E-state index in [4.69, 9.17) is 9.47 Å². The van der Waals surface area contributed by atoms with Crippen molar-refractivity contribution in [2.75, 3.05) is 26.8 Å². The zero-order valence-electron chi connectivity index (χ0n) is 20.5. The van der Waals surface area contributed by atoms with Gasteiger partial charge < -0.3 is 19.7 Å². The fourth-order valence-corrected chi connectivity index (χ4v) is 5.58. The molecule has 186 valence electrons. The Hall–Kier alpha value is -3.78. The van der Waals surface area contributed by atoms with Crippen LogP contribution in [0.3, 0.4) is 0 Å². The van der Waals surface area contributed by atoms with Crippen molar-refractivity contribution in [3.63, 3.8) is 0 Å². The summed E-state index contributed by atoms with van der Waals surface area (Å²) in [4.78, 5) is 36.2. The summed E-state index contributed by atoms with van der Waals surface area (Å²) in [6.45, 7) is 2.91. The zero-order valence-corrected chi connectivity index (χ0v) is 20.5. The quantitative estimate of drug-likeness (QED) is 0.575. The van der Waals surface area contributed by atoms with E-state index in [-0.39, 0.29) is 36.0 Å². The molecule has 0 bridgehead atoms. The van der Waals surface area contributed by atoms with Crippen molar-refractivity contribution in [2.24, 2.45) is 0 Å². The maximum Gasteiger partial charge on any atom is 0.274 e. The number of aromatic nitrogens is 2. The van der Waals surface area contributed by atoms with Gasteiger partial charge in [0.1, 0.15) is 11.4 Å². The number of hydrogen-bond acceptors (Lipinski definition) is 6. The van der Waals surface area contributed by atoms with Crippen LogP contribution in [0.15, 0.2) is 67.0 Å². The number of aryl methyl sites for hydroxylation is 1. The largest absolute Gasteiger partial charge is 0.484 e. The summed E-state index contributed by atoms with van der Waals surface area (Å²) in [5.41, 5.74) is 3.06. The second-order valence-electron chi connectivity index (χ2n) is 9.38. The van der Waals surface area contributed by atoms with Crippen molar-refractivity contribution >= 4 is 11.8 Å². The fourth-order valence-electron chi connectivity index (χ4n) is 5.58. The van der Waals surface area contributed by atoms with Crippen molar-refractivity contribution in [3.8, 4) is 5.75 Å². The number of amides is 2. The third-order valence-electron chi connectivity index (χ3n) is 7.31. The lowest BCUT2D eigenvalue weighted by atomic mass is 9.72. The number of carbonyl (C=O) groups is 2. The Labute approximate surface area is 210 Å². The van der Waals surface area contributed by atoms with Gasteiger partial charge in [0.15, 0.2) is 6.61 Å². The summed E-state index contributed by atoms with van der Waals surface area (Å²) in [7, 11) is 1.69. The number of benzene rings is 2. The third kappa shape index (κ3) is 4.44. The number of ether oxygens (including phenoxy) is 2. The van der Waals surface area contributed by atoms with E-state index >= 15 is 0 Å². The molecule has 0 unspecified atom stereocenters. The minimum atomic E-state index is -0.306. The molecule has 2 aromatic carbocycles. The number of likely N-dealkylation sites (tertiary alicyclic amines) is 1. The van der Waals surface area contributed by atoms with Crippen LogP contribution < -0.4 is 10.1 Å². The van der Waals surface area contributed by atoms with Gasteiger partial charge in [-0.15, -0.1) is 0 Å². The van der Waals surface area contributed by atoms with Gasteiger partial charge >= 0.3 is 0 Å². The molecule has 8 heteroatoms. The van der Waals surface area contributed by atoms with E-state index in [1.54, 1.807) is 13.3 Å². The first-order valence-corrected chi connectivity index (χ1v) is 12.2. The van der Waals surface area contributed by atoms with Gasteiger partial charge in [0, 0.05) is 31.8 Å². The molecule has 0 saturated carbocycles. The average Bonchev–Trinajstić information content (AvgIpc) is 3.16. The number of rotatable bonds is 6. The van der Waals surface area contributed by atoms with Crippen LogP contribution >= 0.6 is 0 Å². The van der Waals surface area contributed by atoms with E-state index < -0.39 is 0 Å². The molecule has 2 amide bonds. The van der Waals surface area contributed by atoms with Crippen molar-refractivity contribution in [2.45, 2.75) is 37.3 Å². The zero-order chi connectivity index (χ0) is 25.1. The van der Waals surface area contributed by atoms with Crippen LogP contribution in [-0.4, -0.2) is 59.6 Å². The smallest absolute Gasteiger partial charge is 0.274 e.